The van der Waals surface area contributed by atoms with Crippen LogP contribution < -0.4 is 4.90 Å². The third-order valence-corrected chi connectivity index (χ3v) is 7.55. The van der Waals surface area contributed by atoms with Crippen molar-refractivity contribution in [1.82, 2.24) is 4.90 Å². The Kier molecular flexibility index (Phi) is 5.82. The molecule has 0 saturated carbocycles. The Morgan fingerprint density at radius 3 is 2.67 bits per heavy atom. The minimum Gasteiger partial charge on any atom is -0.369 e. The molecular weight excluding hydrogens is 438 g/mol. The molecule has 0 bridgehead atoms. The number of thioether (sulfide) groups is 1. The molecule has 2 aromatic rings. The number of imide groups is 1. The van der Waals surface area contributed by atoms with E-state index in [2.05, 4.69) is 44.9 Å². The van der Waals surface area contributed by atoms with Crippen molar-refractivity contribution < 1.29 is 14.5 Å². The number of nitrogens with zero attached hydrogens (tertiary/aromatic N) is 3. The highest BCUT2D eigenvalue weighted by atomic mass is 32.2. The van der Waals surface area contributed by atoms with Gasteiger partial charge in [-0.3, -0.25) is 24.6 Å². The number of hydrogen-bond acceptors (Lipinski definition) is 6. The van der Waals surface area contributed by atoms with Crippen LogP contribution in [-0.4, -0.2) is 33.6 Å². The van der Waals surface area contributed by atoms with E-state index in [0.29, 0.717) is 16.4 Å². The van der Waals surface area contributed by atoms with Gasteiger partial charge >= 0.3 is 0 Å². The molecule has 172 valence electrons. The molecule has 1 atom stereocenters. The van der Waals surface area contributed by atoms with Crippen LogP contribution in [0.2, 0.25) is 0 Å². The normalized spacial score (nSPS) is 21.0. The van der Waals surface area contributed by atoms with E-state index in [0.717, 1.165) is 34.2 Å². The van der Waals surface area contributed by atoms with Gasteiger partial charge in [0, 0.05) is 30.4 Å². The van der Waals surface area contributed by atoms with Gasteiger partial charge in [-0.05, 0) is 85.3 Å². The Labute approximate surface area is 197 Å². The summed E-state index contributed by atoms with van der Waals surface area (Å²) < 4.78 is 0. The molecule has 0 aromatic heterocycles. The smallest absolute Gasteiger partial charge is 0.293 e. The van der Waals surface area contributed by atoms with Crippen LogP contribution >= 0.6 is 11.8 Å². The summed E-state index contributed by atoms with van der Waals surface area (Å²) in [5, 5.41) is 10.7. The highest BCUT2D eigenvalue weighted by Crippen LogP contribution is 2.44. The second kappa shape index (κ2) is 8.33. The van der Waals surface area contributed by atoms with Crippen LogP contribution in [0, 0.1) is 17.0 Å². The van der Waals surface area contributed by atoms with E-state index in [-0.39, 0.29) is 28.9 Å². The lowest BCUT2D eigenvalue weighted by atomic mass is 9.79. The predicted octanol–water partition coefficient (Wildman–Crippen LogP) is 5.86. The van der Waals surface area contributed by atoms with Crippen molar-refractivity contribution in [2.75, 3.05) is 11.9 Å². The average Bonchev–Trinajstić information content (AvgIpc) is 3.00. The minimum absolute atomic E-state index is 0.00374. The largest absolute Gasteiger partial charge is 0.369 e. The summed E-state index contributed by atoms with van der Waals surface area (Å²) in [5.74, 6) is 0.00260. The first-order valence-electron chi connectivity index (χ1n) is 10.8. The molecule has 33 heavy (non-hydrogen) atoms. The summed E-state index contributed by atoms with van der Waals surface area (Å²) in [6.45, 7) is 8.73. The van der Waals surface area contributed by atoms with Crippen LogP contribution in [0.4, 0.5) is 16.2 Å². The lowest BCUT2D eigenvalue weighted by molar-refractivity contribution is -0.384. The third kappa shape index (κ3) is 4.27. The van der Waals surface area contributed by atoms with E-state index >= 15 is 0 Å². The molecule has 2 amide bonds. The number of non-ortho nitro benzene ring substituents is 1. The van der Waals surface area contributed by atoms with Gasteiger partial charge in [-0.25, -0.2) is 0 Å². The molecular formula is C25H27N3O4S. The summed E-state index contributed by atoms with van der Waals surface area (Å²) in [6.07, 6.45) is 2.82. The number of fused-ring (bicyclic) bond motifs is 1. The molecule has 0 radical (unpaired) electrons. The maximum Gasteiger partial charge on any atom is 0.293 e. The minimum atomic E-state index is -0.490. The quantitative estimate of drug-likeness (QED) is 0.319. The zero-order chi connectivity index (χ0) is 24.1. The van der Waals surface area contributed by atoms with Crippen molar-refractivity contribution in [3.63, 3.8) is 0 Å². The van der Waals surface area contributed by atoms with Crippen molar-refractivity contribution in [2.24, 2.45) is 0 Å². The number of hydrogen-bond donors (Lipinski definition) is 0. The topological polar surface area (TPSA) is 83.8 Å². The third-order valence-electron chi connectivity index (χ3n) is 6.64. The number of aryl methyl sites for hydroxylation is 1. The molecule has 7 nitrogen and oxygen atoms in total. The monoisotopic (exact) mass is 465 g/mol. The number of amides is 2. The number of nitro groups is 1. The lowest BCUT2D eigenvalue weighted by Crippen LogP contribution is -2.45. The number of carbonyl (C=O) groups is 2. The Bertz CT molecular complexity index is 1200. The fourth-order valence-corrected chi connectivity index (χ4v) is 5.45. The van der Waals surface area contributed by atoms with E-state index in [1.54, 1.807) is 18.2 Å². The molecule has 0 unspecified atom stereocenters. The standard InChI is InChI=1S/C25H27N3O4S/c1-15-9-21-20(16(2)13-25(3,4)26(21)5)11-18(15)12-22-23(29)27(24(30)33-22)14-17-7-6-8-19(10-17)28(31)32/h6-12,16H,13-14H2,1-5H3/b22-12-/t16-/m0/s1. The fourth-order valence-electron chi connectivity index (χ4n) is 4.62. The average molecular weight is 466 g/mol. The van der Waals surface area contributed by atoms with Crippen LogP contribution in [0.25, 0.3) is 6.08 Å². The molecule has 2 aliphatic heterocycles. The maximum absolute atomic E-state index is 13.0. The zero-order valence-electron chi connectivity index (χ0n) is 19.4. The van der Waals surface area contributed by atoms with E-state index in [1.165, 1.54) is 23.4 Å². The van der Waals surface area contributed by atoms with Crippen LogP contribution in [0.5, 0.6) is 0 Å². The van der Waals surface area contributed by atoms with E-state index in [4.69, 9.17) is 0 Å². The molecule has 1 saturated heterocycles. The molecule has 2 heterocycles. The van der Waals surface area contributed by atoms with E-state index < -0.39 is 4.92 Å². The van der Waals surface area contributed by atoms with Gasteiger partial charge in [-0.1, -0.05) is 19.1 Å². The van der Waals surface area contributed by atoms with E-state index in [1.807, 2.05) is 6.92 Å². The van der Waals surface area contributed by atoms with Crippen molar-refractivity contribution >= 4 is 40.4 Å². The predicted molar refractivity (Wildman–Crippen MR) is 131 cm³/mol. The number of benzene rings is 2. The van der Waals surface area contributed by atoms with E-state index in [9.17, 15) is 19.7 Å². The van der Waals surface area contributed by atoms with Crippen LogP contribution in [0.15, 0.2) is 41.3 Å². The van der Waals surface area contributed by atoms with Gasteiger partial charge in [0.05, 0.1) is 16.4 Å². The zero-order valence-corrected chi connectivity index (χ0v) is 20.2. The summed E-state index contributed by atoms with van der Waals surface area (Å²) in [4.78, 5) is 40.0. The summed E-state index contributed by atoms with van der Waals surface area (Å²) in [7, 11) is 2.11. The molecule has 4 rings (SSSR count). The van der Waals surface area contributed by atoms with Gasteiger partial charge in [0.2, 0.25) is 0 Å². The van der Waals surface area contributed by atoms with Gasteiger partial charge in [0.1, 0.15) is 0 Å². The number of nitro benzene ring substituents is 1. The van der Waals surface area contributed by atoms with Gasteiger partial charge < -0.3 is 4.90 Å². The fraction of sp³-hybridized carbons (Fsp3) is 0.360. The maximum atomic E-state index is 13.0. The van der Waals surface area contributed by atoms with Gasteiger partial charge in [0.15, 0.2) is 0 Å². The second-order valence-electron chi connectivity index (χ2n) is 9.44. The SMILES string of the molecule is Cc1cc2c(cc1/C=C1\SC(=O)N(Cc3cccc([N+](=O)[O-])c3)C1=O)[C@@H](C)CC(C)(C)N2C. The summed E-state index contributed by atoms with van der Waals surface area (Å²) in [5.41, 5.74) is 4.94. The van der Waals surface area contributed by atoms with Gasteiger partial charge in [-0.2, -0.15) is 0 Å². The molecule has 0 N–H and O–H groups in total. The summed E-state index contributed by atoms with van der Waals surface area (Å²) in [6, 6.07) is 10.3. The first-order chi connectivity index (χ1) is 15.5. The molecule has 0 aliphatic carbocycles. The second-order valence-corrected chi connectivity index (χ2v) is 10.4. The number of anilines is 1. The first kappa shape index (κ1) is 23.0. The van der Waals surface area contributed by atoms with Gasteiger partial charge in [-0.15, -0.1) is 0 Å². The molecule has 2 aliphatic rings. The Balaban J connectivity index is 1.62. The molecule has 0 spiro atoms. The molecule has 2 aromatic carbocycles. The van der Waals surface area contributed by atoms with Crippen molar-refractivity contribution in [3.8, 4) is 0 Å². The number of carbonyl (C=O) groups excluding carboxylic acids is 2. The Morgan fingerprint density at radius 1 is 1.24 bits per heavy atom. The van der Waals surface area contributed by atoms with Crippen molar-refractivity contribution in [2.45, 2.75) is 52.1 Å². The van der Waals surface area contributed by atoms with Crippen LogP contribution in [-0.2, 0) is 11.3 Å². The number of rotatable bonds is 4. The molecule has 8 heteroatoms. The van der Waals surface area contributed by atoms with Crippen molar-refractivity contribution in [1.29, 1.82) is 0 Å². The highest BCUT2D eigenvalue weighted by molar-refractivity contribution is 8.18. The van der Waals surface area contributed by atoms with Gasteiger partial charge in [0.25, 0.3) is 16.8 Å². The summed E-state index contributed by atoms with van der Waals surface area (Å²) >= 11 is 0.908. The first-order valence-corrected chi connectivity index (χ1v) is 11.7. The molecule has 1 fully saturated rings. The van der Waals surface area contributed by atoms with Crippen LogP contribution in [0.1, 0.15) is 55.4 Å². The lowest BCUT2D eigenvalue weighted by Gasteiger charge is -2.45. The Morgan fingerprint density at radius 2 is 1.97 bits per heavy atom. The van der Waals surface area contributed by atoms with Crippen LogP contribution in [0.3, 0.4) is 0 Å². The highest BCUT2D eigenvalue weighted by Gasteiger charge is 2.37. The van der Waals surface area contributed by atoms with Crippen molar-refractivity contribution in [3.05, 3.63) is 73.7 Å². The Hall–Kier alpha value is -3.13.